The molecule has 1 aromatic heterocycles. The van der Waals surface area contributed by atoms with Crippen molar-refractivity contribution in [1.29, 1.82) is 0 Å². The lowest BCUT2D eigenvalue weighted by atomic mass is 9.90. The summed E-state index contributed by atoms with van der Waals surface area (Å²) < 4.78 is 23.1. The number of carbonyl (C=O) groups is 1. The number of carboxylic acids is 1. The second-order valence-corrected chi connectivity index (χ2v) is 9.04. The van der Waals surface area contributed by atoms with E-state index in [0.29, 0.717) is 17.2 Å². The fraction of sp³-hybridized carbons (Fsp3) is 0.667. The molecule has 1 aliphatic heterocycles. The zero-order chi connectivity index (χ0) is 15.2. The molecule has 0 spiro atoms. The Labute approximate surface area is 122 Å². The van der Waals surface area contributed by atoms with Crippen molar-refractivity contribution in [3.63, 3.8) is 0 Å². The Bertz CT molecular complexity index is 636. The highest BCUT2D eigenvalue weighted by molar-refractivity contribution is 7.91. The highest BCUT2D eigenvalue weighted by Crippen LogP contribution is 2.32. The van der Waals surface area contributed by atoms with Crippen molar-refractivity contribution in [2.75, 3.05) is 16.8 Å². The molecule has 0 bridgehead atoms. The van der Waals surface area contributed by atoms with E-state index in [9.17, 15) is 18.3 Å². The first-order valence-electron chi connectivity index (χ1n) is 6.22. The van der Waals surface area contributed by atoms with Gasteiger partial charge in [0.15, 0.2) is 15.0 Å². The van der Waals surface area contributed by atoms with Gasteiger partial charge in [-0.3, -0.25) is 4.79 Å². The number of aromatic nitrogens is 1. The first-order chi connectivity index (χ1) is 9.04. The van der Waals surface area contributed by atoms with E-state index in [1.807, 2.05) is 6.92 Å². The van der Waals surface area contributed by atoms with Gasteiger partial charge in [-0.05, 0) is 27.2 Å². The molecule has 0 saturated carbocycles. The van der Waals surface area contributed by atoms with Gasteiger partial charge in [-0.1, -0.05) is 0 Å². The Kier molecular flexibility index (Phi) is 3.58. The molecule has 0 aliphatic carbocycles. The van der Waals surface area contributed by atoms with E-state index in [2.05, 4.69) is 10.3 Å². The van der Waals surface area contributed by atoms with Crippen LogP contribution < -0.4 is 5.32 Å². The van der Waals surface area contributed by atoms with Crippen molar-refractivity contribution in [3.8, 4) is 0 Å². The normalized spacial score (nSPS) is 25.6. The first-order valence-corrected chi connectivity index (χ1v) is 8.92. The molecule has 1 aliphatic rings. The average molecular weight is 318 g/mol. The van der Waals surface area contributed by atoms with Crippen LogP contribution in [0.3, 0.4) is 0 Å². The number of sulfone groups is 1. The number of nitrogens with zero attached hydrogens (tertiary/aromatic N) is 1. The van der Waals surface area contributed by atoms with Gasteiger partial charge in [-0.15, -0.1) is 11.3 Å². The monoisotopic (exact) mass is 318 g/mol. The van der Waals surface area contributed by atoms with Gasteiger partial charge in [0.1, 0.15) is 5.41 Å². The number of hydrogen-bond donors (Lipinski definition) is 2. The predicted octanol–water partition coefficient (Wildman–Crippen LogP) is 1.49. The Balaban J connectivity index is 2.17. The van der Waals surface area contributed by atoms with Gasteiger partial charge >= 0.3 is 5.97 Å². The molecule has 1 fully saturated rings. The molecule has 8 heteroatoms. The molecule has 2 N–H and O–H groups in total. The minimum atomic E-state index is -2.99. The minimum absolute atomic E-state index is 0.0806. The second-order valence-electron chi connectivity index (χ2n) is 6.00. The molecule has 1 unspecified atom stereocenters. The number of thiazole rings is 1. The van der Waals surface area contributed by atoms with Crippen molar-refractivity contribution in [2.24, 2.45) is 0 Å². The van der Waals surface area contributed by atoms with E-state index >= 15 is 0 Å². The van der Waals surface area contributed by atoms with Gasteiger partial charge in [-0.25, -0.2) is 13.4 Å². The van der Waals surface area contributed by atoms with E-state index in [0.717, 1.165) is 0 Å². The molecular weight excluding hydrogens is 300 g/mol. The van der Waals surface area contributed by atoms with Gasteiger partial charge in [0.2, 0.25) is 0 Å². The van der Waals surface area contributed by atoms with Gasteiger partial charge < -0.3 is 10.4 Å². The molecule has 2 rings (SSSR count). The quantitative estimate of drug-likeness (QED) is 0.873. The molecule has 20 heavy (non-hydrogen) atoms. The molecule has 1 atom stereocenters. The van der Waals surface area contributed by atoms with Crippen LogP contribution in [0, 0.1) is 0 Å². The van der Waals surface area contributed by atoms with Crippen LogP contribution >= 0.6 is 11.3 Å². The van der Waals surface area contributed by atoms with Crippen LogP contribution in [-0.4, -0.2) is 41.5 Å². The number of hydrogen-bond acceptors (Lipinski definition) is 6. The summed E-state index contributed by atoms with van der Waals surface area (Å²) in [5, 5.41) is 14.6. The highest BCUT2D eigenvalue weighted by Gasteiger charge is 2.39. The summed E-state index contributed by atoms with van der Waals surface area (Å²) in [6.45, 7) is 5.03. The maximum atomic E-state index is 11.6. The van der Waals surface area contributed by atoms with Gasteiger partial charge in [0, 0.05) is 5.38 Å². The lowest BCUT2D eigenvalue weighted by Crippen LogP contribution is -2.36. The summed E-state index contributed by atoms with van der Waals surface area (Å²) >= 11 is 1.30. The summed E-state index contributed by atoms with van der Waals surface area (Å²) in [4.78, 5) is 15.5. The largest absolute Gasteiger partial charge is 0.481 e. The zero-order valence-corrected chi connectivity index (χ0v) is 13.3. The molecule has 6 nitrogen and oxygen atoms in total. The van der Waals surface area contributed by atoms with Crippen molar-refractivity contribution >= 4 is 32.3 Å². The molecule has 112 valence electrons. The molecule has 0 aromatic carbocycles. The molecular formula is C12H18N2O4S2. The first kappa shape index (κ1) is 15.2. The van der Waals surface area contributed by atoms with Crippen LogP contribution in [-0.2, 0) is 20.0 Å². The number of aliphatic carboxylic acids is 1. The maximum Gasteiger partial charge on any atom is 0.315 e. The summed E-state index contributed by atoms with van der Waals surface area (Å²) in [7, 11) is -2.99. The SMILES string of the molecule is CC1(Nc2nc(C(C)(C)C(=O)O)cs2)CCS(=O)(=O)C1. The smallest absolute Gasteiger partial charge is 0.315 e. The Hall–Kier alpha value is -1.15. The van der Waals surface area contributed by atoms with Crippen LogP contribution in [0.25, 0.3) is 0 Å². The van der Waals surface area contributed by atoms with Crippen molar-refractivity contribution in [1.82, 2.24) is 4.98 Å². The second kappa shape index (κ2) is 4.70. The molecule has 0 radical (unpaired) electrons. The lowest BCUT2D eigenvalue weighted by molar-refractivity contribution is -0.142. The van der Waals surface area contributed by atoms with Crippen LogP contribution in [0.1, 0.15) is 32.9 Å². The third-order valence-electron chi connectivity index (χ3n) is 3.59. The van der Waals surface area contributed by atoms with Crippen molar-refractivity contribution in [2.45, 2.75) is 38.1 Å². The maximum absolute atomic E-state index is 11.6. The van der Waals surface area contributed by atoms with Gasteiger partial charge in [0.05, 0.1) is 22.7 Å². The van der Waals surface area contributed by atoms with Crippen LogP contribution in [0.15, 0.2) is 5.38 Å². The Morgan fingerprint density at radius 2 is 2.20 bits per heavy atom. The van der Waals surface area contributed by atoms with Crippen molar-refractivity contribution < 1.29 is 18.3 Å². The Morgan fingerprint density at radius 3 is 2.70 bits per heavy atom. The van der Waals surface area contributed by atoms with Gasteiger partial charge in [0.25, 0.3) is 0 Å². The highest BCUT2D eigenvalue weighted by atomic mass is 32.2. The number of rotatable bonds is 4. The average Bonchev–Trinajstić information content (AvgIpc) is 2.84. The van der Waals surface area contributed by atoms with E-state index in [1.54, 1.807) is 19.2 Å². The molecule has 0 amide bonds. The van der Waals surface area contributed by atoms with Crippen LogP contribution in [0.4, 0.5) is 5.13 Å². The standard InChI is InChI=1S/C12H18N2O4S2/c1-11(2,9(15)16)8-6-19-10(13-8)14-12(3)4-5-20(17,18)7-12/h6H,4-5,7H2,1-3H3,(H,13,14)(H,15,16). The fourth-order valence-corrected chi connectivity index (χ4v) is 5.22. The number of carboxylic acid groups (broad SMARTS) is 1. The summed E-state index contributed by atoms with van der Waals surface area (Å²) in [5.41, 5.74) is -1.11. The topological polar surface area (TPSA) is 96.4 Å². The third-order valence-corrected chi connectivity index (χ3v) is 6.25. The predicted molar refractivity (Wildman–Crippen MR) is 78.1 cm³/mol. The number of nitrogens with one attached hydrogen (secondary N) is 1. The Morgan fingerprint density at radius 1 is 1.55 bits per heavy atom. The molecule has 1 aromatic rings. The molecule has 2 heterocycles. The van der Waals surface area contributed by atoms with Crippen LogP contribution in [0.2, 0.25) is 0 Å². The number of anilines is 1. The summed E-state index contributed by atoms with van der Waals surface area (Å²) in [6.07, 6.45) is 0.534. The van der Waals surface area contributed by atoms with Gasteiger partial charge in [-0.2, -0.15) is 0 Å². The fourth-order valence-electron chi connectivity index (χ4n) is 2.09. The minimum Gasteiger partial charge on any atom is -0.481 e. The third kappa shape index (κ3) is 2.95. The van der Waals surface area contributed by atoms with Crippen LogP contribution in [0.5, 0.6) is 0 Å². The van der Waals surface area contributed by atoms with E-state index in [-0.39, 0.29) is 11.5 Å². The molecule has 1 saturated heterocycles. The zero-order valence-electron chi connectivity index (χ0n) is 11.6. The van der Waals surface area contributed by atoms with E-state index in [4.69, 9.17) is 0 Å². The van der Waals surface area contributed by atoms with E-state index in [1.165, 1.54) is 11.3 Å². The van der Waals surface area contributed by atoms with E-state index < -0.39 is 26.8 Å². The van der Waals surface area contributed by atoms with Crippen molar-refractivity contribution in [3.05, 3.63) is 11.1 Å². The lowest BCUT2D eigenvalue weighted by Gasteiger charge is -2.23. The summed E-state index contributed by atoms with van der Waals surface area (Å²) in [6, 6.07) is 0. The summed E-state index contributed by atoms with van der Waals surface area (Å²) in [5.74, 6) is -0.684.